The molecule has 15 heteroatoms. The van der Waals surface area contributed by atoms with Gasteiger partial charge in [0.1, 0.15) is 11.5 Å². The third-order valence-corrected chi connectivity index (χ3v) is 9.93. The number of benzene rings is 4. The zero-order valence-corrected chi connectivity index (χ0v) is 28.9. The van der Waals surface area contributed by atoms with Gasteiger partial charge in [-0.05, 0) is 48.5 Å². The molecule has 0 atom stereocenters. The summed E-state index contributed by atoms with van der Waals surface area (Å²) in [5.41, 5.74) is 2.91. The number of aromatic nitrogens is 2. The topological polar surface area (TPSA) is 138 Å². The van der Waals surface area contributed by atoms with E-state index < -0.39 is 10.0 Å². The molecule has 1 fully saturated rings. The molecular weight excluding hydrogens is 689 g/mol. The Morgan fingerprint density at radius 3 is 2.10 bits per heavy atom. The highest BCUT2D eigenvalue weighted by Crippen LogP contribution is 2.32. The van der Waals surface area contributed by atoms with Gasteiger partial charge in [-0.15, -0.1) is 0 Å². The summed E-state index contributed by atoms with van der Waals surface area (Å²) in [5.74, 6) is 0.951. The van der Waals surface area contributed by atoms with Crippen molar-refractivity contribution in [2.75, 3.05) is 67.2 Å². The van der Waals surface area contributed by atoms with Crippen LogP contribution in [0.5, 0.6) is 11.5 Å². The van der Waals surface area contributed by atoms with Gasteiger partial charge in [0.25, 0.3) is 10.0 Å². The van der Waals surface area contributed by atoms with Crippen LogP contribution in [0.4, 0.5) is 28.7 Å². The lowest BCUT2D eigenvalue weighted by atomic mass is 10.2. The van der Waals surface area contributed by atoms with E-state index in [-0.39, 0.29) is 29.0 Å². The van der Waals surface area contributed by atoms with Crippen molar-refractivity contribution in [2.24, 2.45) is 0 Å². The van der Waals surface area contributed by atoms with Gasteiger partial charge >= 0.3 is 0 Å². The number of amides is 1. The highest BCUT2D eigenvalue weighted by molar-refractivity contribution is 7.92. The molecule has 6 rings (SSSR count). The number of sulfonamides is 1. The first kappa shape index (κ1) is 34.1. The number of piperazine rings is 1. The second-order valence-electron chi connectivity index (χ2n) is 11.2. The largest absolute Gasteiger partial charge is 0.497 e. The Morgan fingerprint density at radius 1 is 0.776 bits per heavy atom. The molecule has 0 saturated carbocycles. The number of nitrogens with zero attached hydrogens (tertiary/aromatic N) is 4. The molecule has 2 heterocycles. The number of anilines is 5. The average molecular weight is 723 g/mol. The van der Waals surface area contributed by atoms with E-state index in [1.807, 2.05) is 23.1 Å². The van der Waals surface area contributed by atoms with Crippen molar-refractivity contribution in [3.05, 3.63) is 95.0 Å². The van der Waals surface area contributed by atoms with Crippen LogP contribution in [-0.2, 0) is 14.8 Å². The van der Waals surface area contributed by atoms with Crippen molar-refractivity contribution < 1.29 is 22.7 Å². The third kappa shape index (κ3) is 8.26. The van der Waals surface area contributed by atoms with Gasteiger partial charge in [0.2, 0.25) is 5.91 Å². The fourth-order valence-corrected chi connectivity index (χ4v) is 6.70. The number of halogens is 2. The highest BCUT2D eigenvalue weighted by atomic mass is 35.5. The molecule has 1 amide bonds. The maximum absolute atomic E-state index is 13.7. The normalized spacial score (nSPS) is 13.6. The predicted octanol–water partition coefficient (Wildman–Crippen LogP) is 6.26. The molecule has 4 aromatic carbocycles. The number of carbonyl (C=O) groups excluding carboxylic acids is 1. The lowest BCUT2D eigenvalue weighted by molar-refractivity contribution is -0.117. The van der Waals surface area contributed by atoms with Gasteiger partial charge in [-0.25, -0.2) is 18.4 Å². The lowest BCUT2D eigenvalue weighted by Gasteiger charge is -2.35. The molecule has 0 aliphatic carbocycles. The summed E-state index contributed by atoms with van der Waals surface area (Å²) in [6.07, 6.45) is 0. The van der Waals surface area contributed by atoms with E-state index in [1.54, 1.807) is 54.6 Å². The van der Waals surface area contributed by atoms with Crippen LogP contribution in [0.3, 0.4) is 0 Å². The Hall–Kier alpha value is -4.82. The average Bonchev–Trinajstić information content (AvgIpc) is 3.10. The molecule has 1 aliphatic heterocycles. The number of hydrogen-bond donors (Lipinski definition) is 3. The van der Waals surface area contributed by atoms with Crippen LogP contribution in [0, 0.1) is 0 Å². The van der Waals surface area contributed by atoms with Gasteiger partial charge in [0.15, 0.2) is 11.6 Å². The van der Waals surface area contributed by atoms with Gasteiger partial charge in [0, 0.05) is 61.4 Å². The van der Waals surface area contributed by atoms with Crippen LogP contribution in [0.25, 0.3) is 11.0 Å². The van der Waals surface area contributed by atoms with Gasteiger partial charge in [-0.3, -0.25) is 14.4 Å². The second-order valence-corrected chi connectivity index (χ2v) is 13.7. The molecule has 1 aliphatic rings. The maximum Gasteiger partial charge on any atom is 0.263 e. The van der Waals surface area contributed by atoms with Crippen molar-refractivity contribution in [1.82, 2.24) is 14.9 Å². The summed E-state index contributed by atoms with van der Waals surface area (Å²) < 4.78 is 40.7. The molecule has 3 N–H and O–H groups in total. The number of carbonyl (C=O) groups is 1. The summed E-state index contributed by atoms with van der Waals surface area (Å²) >= 11 is 12.2. The van der Waals surface area contributed by atoms with Crippen LogP contribution >= 0.6 is 23.2 Å². The Morgan fingerprint density at radius 2 is 1.45 bits per heavy atom. The third-order valence-electron chi connectivity index (χ3n) is 7.85. The molecular formula is C34H33Cl2N7O5S. The summed E-state index contributed by atoms with van der Waals surface area (Å²) in [6, 6.07) is 23.9. The maximum atomic E-state index is 13.7. The molecule has 0 radical (unpaired) electrons. The Labute approximate surface area is 294 Å². The number of fused-ring (bicyclic) bond motifs is 1. The first-order valence-corrected chi connectivity index (χ1v) is 17.5. The smallest absolute Gasteiger partial charge is 0.263 e. The van der Waals surface area contributed by atoms with Gasteiger partial charge in [-0.1, -0.05) is 41.4 Å². The second kappa shape index (κ2) is 14.7. The Kier molecular flexibility index (Phi) is 10.2. The van der Waals surface area contributed by atoms with E-state index in [1.165, 1.54) is 26.4 Å². The number of rotatable bonds is 11. The number of para-hydroxylation sites is 2. The van der Waals surface area contributed by atoms with Crippen molar-refractivity contribution in [1.29, 1.82) is 0 Å². The molecule has 0 spiro atoms. The van der Waals surface area contributed by atoms with E-state index in [2.05, 4.69) is 30.2 Å². The summed E-state index contributed by atoms with van der Waals surface area (Å²) in [6.45, 7) is 2.91. The van der Waals surface area contributed by atoms with E-state index in [0.29, 0.717) is 70.1 Å². The number of nitrogens with one attached hydrogen (secondary N) is 3. The van der Waals surface area contributed by atoms with Crippen LogP contribution in [0.2, 0.25) is 10.0 Å². The van der Waals surface area contributed by atoms with Crippen molar-refractivity contribution in [3.8, 4) is 11.5 Å². The van der Waals surface area contributed by atoms with Crippen LogP contribution in [0.1, 0.15) is 0 Å². The fraction of sp³-hybridized carbons (Fsp3) is 0.206. The summed E-state index contributed by atoms with van der Waals surface area (Å²) in [4.78, 5) is 26.4. The summed E-state index contributed by atoms with van der Waals surface area (Å²) in [5, 5.41) is 6.97. The quantitative estimate of drug-likeness (QED) is 0.143. The minimum atomic E-state index is -4.17. The minimum Gasteiger partial charge on any atom is -0.497 e. The van der Waals surface area contributed by atoms with E-state index in [4.69, 9.17) is 32.7 Å². The molecule has 49 heavy (non-hydrogen) atoms. The zero-order chi connectivity index (χ0) is 34.5. The standard InChI is InChI=1S/C34H33Cl2N7O5S/c1-47-25-16-23(17-26(20-25)48-2)38-33-34(40-31-9-4-3-8-30(31)39-33)41-49(45,46)27-7-5-6-22(18-27)37-32(44)21-42-12-14-43(15-13-42)24-10-11-28(35)29(36)19-24/h3-11,16-20H,12-15,21H2,1-2H3,(H,37,44)(H,38,39)(H,40,41). The molecule has 0 bridgehead atoms. The Balaban J connectivity index is 1.15. The SMILES string of the molecule is COc1cc(Nc2nc3ccccc3nc2NS(=O)(=O)c2cccc(NC(=O)CN3CCN(c4ccc(Cl)c(Cl)c4)CC3)c2)cc(OC)c1. The van der Waals surface area contributed by atoms with Gasteiger partial charge in [0.05, 0.1) is 46.7 Å². The molecule has 1 saturated heterocycles. The predicted molar refractivity (Wildman–Crippen MR) is 193 cm³/mol. The highest BCUT2D eigenvalue weighted by Gasteiger charge is 2.22. The lowest BCUT2D eigenvalue weighted by Crippen LogP contribution is -2.48. The van der Waals surface area contributed by atoms with E-state index in [0.717, 1.165) is 5.69 Å². The summed E-state index contributed by atoms with van der Waals surface area (Å²) in [7, 11) is -1.11. The number of ether oxygens (including phenoxy) is 2. The van der Waals surface area contributed by atoms with Crippen molar-refractivity contribution >= 4 is 78.9 Å². The molecule has 12 nitrogen and oxygen atoms in total. The Bertz CT molecular complexity index is 2090. The first-order valence-electron chi connectivity index (χ1n) is 15.2. The van der Waals surface area contributed by atoms with E-state index in [9.17, 15) is 13.2 Å². The fourth-order valence-electron chi connectivity index (χ4n) is 5.35. The van der Waals surface area contributed by atoms with E-state index >= 15 is 0 Å². The molecule has 0 unspecified atom stereocenters. The zero-order valence-electron chi connectivity index (χ0n) is 26.6. The monoisotopic (exact) mass is 721 g/mol. The van der Waals surface area contributed by atoms with Crippen molar-refractivity contribution in [3.63, 3.8) is 0 Å². The van der Waals surface area contributed by atoms with Gasteiger partial charge in [-0.2, -0.15) is 0 Å². The molecule has 254 valence electrons. The molecule has 1 aromatic heterocycles. The first-order chi connectivity index (χ1) is 23.6. The van der Waals surface area contributed by atoms with Crippen molar-refractivity contribution in [2.45, 2.75) is 4.90 Å². The number of hydrogen-bond acceptors (Lipinski definition) is 10. The van der Waals surface area contributed by atoms with Crippen LogP contribution < -0.4 is 29.7 Å². The van der Waals surface area contributed by atoms with Gasteiger partial charge < -0.3 is 25.0 Å². The molecule has 5 aromatic rings. The van der Waals surface area contributed by atoms with Crippen LogP contribution in [-0.4, -0.2) is 76.1 Å². The number of methoxy groups -OCH3 is 2. The van der Waals surface area contributed by atoms with Crippen LogP contribution in [0.15, 0.2) is 89.8 Å². The minimum absolute atomic E-state index is 0.0186.